The van der Waals surface area contributed by atoms with Gasteiger partial charge in [-0.15, -0.1) is 0 Å². The predicted molar refractivity (Wildman–Crippen MR) is 104 cm³/mol. The molecule has 1 aromatic carbocycles. The van der Waals surface area contributed by atoms with E-state index in [1.165, 1.54) is 6.92 Å². The van der Waals surface area contributed by atoms with Crippen LogP contribution in [-0.4, -0.2) is 32.5 Å². The Morgan fingerprint density at radius 3 is 2.28 bits per heavy atom. The predicted octanol–water partition coefficient (Wildman–Crippen LogP) is 4.04. The fraction of sp³-hybridized carbons (Fsp3) is 0.550. The first-order valence-corrected chi connectivity index (χ1v) is 11.8. The lowest BCUT2D eigenvalue weighted by Crippen LogP contribution is -2.53. The van der Waals surface area contributed by atoms with Gasteiger partial charge in [0.25, 0.3) is 0 Å². The zero-order valence-electron chi connectivity index (χ0n) is 16.2. The fourth-order valence-corrected chi connectivity index (χ4v) is 3.86. The summed E-state index contributed by atoms with van der Waals surface area (Å²) in [5.74, 6) is -0.0640. The zero-order chi connectivity index (χ0) is 18.7. The molecule has 1 aliphatic rings. The minimum Gasteiger partial charge on any atom is -0.408 e. The second-order valence-electron chi connectivity index (χ2n) is 8.22. The maximum absolute atomic E-state index is 11.7. The van der Waals surface area contributed by atoms with Crippen molar-refractivity contribution in [2.24, 2.45) is 0 Å². The van der Waals surface area contributed by atoms with Crippen molar-refractivity contribution in [1.29, 1.82) is 0 Å². The van der Waals surface area contributed by atoms with Gasteiger partial charge < -0.3 is 14.5 Å². The quantitative estimate of drug-likeness (QED) is 0.614. The van der Waals surface area contributed by atoms with E-state index >= 15 is 0 Å². The Morgan fingerprint density at radius 1 is 1.12 bits per heavy atom. The van der Waals surface area contributed by atoms with Gasteiger partial charge in [0, 0.05) is 6.92 Å². The lowest BCUT2D eigenvalue weighted by atomic mass is 10.1. The standard InChI is InChI=1S/C20H31NO3Si/c1-15(22)21-19-17(23-14-16-10-8-7-9-11-16)12-13-18(19)24-25(5,6)20(2,3)4/h7-13,17-19H,14H2,1-6H3,(H,21,22)/t17-,18-,19+/m0/s1. The van der Waals surface area contributed by atoms with Gasteiger partial charge in [0.1, 0.15) is 0 Å². The molecule has 25 heavy (non-hydrogen) atoms. The molecule has 1 amide bonds. The van der Waals surface area contributed by atoms with E-state index in [2.05, 4.69) is 39.2 Å². The van der Waals surface area contributed by atoms with Crippen LogP contribution in [0.5, 0.6) is 0 Å². The second kappa shape index (κ2) is 7.85. The first kappa shape index (κ1) is 19.9. The number of carbonyl (C=O) groups excluding carboxylic acids is 1. The van der Waals surface area contributed by atoms with E-state index in [0.717, 1.165) is 5.56 Å². The van der Waals surface area contributed by atoms with Crippen LogP contribution >= 0.6 is 0 Å². The van der Waals surface area contributed by atoms with Crippen LogP contribution in [0.1, 0.15) is 33.3 Å². The van der Waals surface area contributed by atoms with Gasteiger partial charge in [0.15, 0.2) is 8.32 Å². The Kier molecular flexibility index (Phi) is 6.24. The second-order valence-corrected chi connectivity index (χ2v) is 13.0. The van der Waals surface area contributed by atoms with Crippen LogP contribution in [0, 0.1) is 0 Å². The molecule has 1 N–H and O–H groups in total. The highest BCUT2D eigenvalue weighted by atomic mass is 28.4. The maximum atomic E-state index is 11.7. The van der Waals surface area contributed by atoms with Crippen LogP contribution in [-0.2, 0) is 20.6 Å². The summed E-state index contributed by atoms with van der Waals surface area (Å²) < 4.78 is 12.6. The molecule has 5 heteroatoms. The molecule has 0 bridgehead atoms. The van der Waals surface area contributed by atoms with E-state index in [9.17, 15) is 4.79 Å². The normalized spacial score (nSPS) is 23.7. The minimum atomic E-state index is -1.94. The number of carbonyl (C=O) groups is 1. The van der Waals surface area contributed by atoms with Crippen molar-refractivity contribution in [3.05, 3.63) is 48.0 Å². The lowest BCUT2D eigenvalue weighted by molar-refractivity contribution is -0.121. The summed E-state index contributed by atoms with van der Waals surface area (Å²) in [6, 6.07) is 9.87. The minimum absolute atomic E-state index is 0.0640. The summed E-state index contributed by atoms with van der Waals surface area (Å²) in [6.07, 6.45) is 3.72. The number of nitrogens with one attached hydrogen (secondary N) is 1. The molecule has 3 atom stereocenters. The van der Waals surface area contributed by atoms with Gasteiger partial charge in [-0.1, -0.05) is 63.3 Å². The Labute approximate surface area is 152 Å². The van der Waals surface area contributed by atoms with Crippen LogP contribution < -0.4 is 5.32 Å². The van der Waals surface area contributed by atoms with Crippen molar-refractivity contribution in [2.75, 3.05) is 0 Å². The van der Waals surface area contributed by atoms with Gasteiger partial charge in [0.2, 0.25) is 5.91 Å². The number of ether oxygens (including phenoxy) is 1. The van der Waals surface area contributed by atoms with E-state index in [4.69, 9.17) is 9.16 Å². The van der Waals surface area contributed by atoms with Gasteiger partial charge in [-0.05, 0) is 23.7 Å². The smallest absolute Gasteiger partial charge is 0.217 e. The third-order valence-electron chi connectivity index (χ3n) is 5.09. The van der Waals surface area contributed by atoms with Gasteiger partial charge >= 0.3 is 0 Å². The Balaban J connectivity index is 2.06. The Bertz CT molecular complexity index is 607. The molecule has 0 saturated carbocycles. The van der Waals surface area contributed by atoms with Crippen LogP contribution in [0.25, 0.3) is 0 Å². The molecule has 1 aliphatic carbocycles. The monoisotopic (exact) mass is 361 g/mol. The highest BCUT2D eigenvalue weighted by Crippen LogP contribution is 2.38. The Hall–Kier alpha value is -1.43. The first-order chi connectivity index (χ1) is 11.6. The molecule has 1 aromatic rings. The van der Waals surface area contributed by atoms with Crippen molar-refractivity contribution in [1.82, 2.24) is 5.32 Å². The molecule has 0 radical (unpaired) electrons. The van der Waals surface area contributed by atoms with E-state index in [-0.39, 0.29) is 29.2 Å². The molecule has 2 rings (SSSR count). The molecule has 0 saturated heterocycles. The van der Waals surface area contributed by atoms with Crippen molar-refractivity contribution in [3.63, 3.8) is 0 Å². The van der Waals surface area contributed by atoms with Crippen molar-refractivity contribution in [2.45, 2.75) is 70.7 Å². The number of hydrogen-bond acceptors (Lipinski definition) is 3. The maximum Gasteiger partial charge on any atom is 0.217 e. The van der Waals surface area contributed by atoms with Crippen molar-refractivity contribution in [3.8, 4) is 0 Å². The molecule has 138 valence electrons. The highest BCUT2D eigenvalue weighted by Gasteiger charge is 2.43. The third-order valence-corrected chi connectivity index (χ3v) is 9.56. The van der Waals surface area contributed by atoms with E-state index < -0.39 is 8.32 Å². The Morgan fingerprint density at radius 2 is 1.72 bits per heavy atom. The molecule has 4 nitrogen and oxygen atoms in total. The number of benzene rings is 1. The summed E-state index contributed by atoms with van der Waals surface area (Å²) in [5, 5.41) is 3.14. The van der Waals surface area contributed by atoms with Crippen LogP contribution in [0.15, 0.2) is 42.5 Å². The third kappa shape index (κ3) is 5.27. The van der Waals surface area contributed by atoms with Gasteiger partial charge in [0.05, 0.1) is 24.9 Å². The largest absolute Gasteiger partial charge is 0.408 e. The number of hydrogen-bond donors (Lipinski definition) is 1. The number of rotatable bonds is 6. The average Bonchev–Trinajstić information content (AvgIpc) is 2.86. The zero-order valence-corrected chi connectivity index (χ0v) is 17.2. The summed E-state index contributed by atoms with van der Waals surface area (Å²) in [4.78, 5) is 11.7. The van der Waals surface area contributed by atoms with Crippen molar-refractivity contribution < 1.29 is 14.0 Å². The highest BCUT2D eigenvalue weighted by molar-refractivity contribution is 6.74. The summed E-state index contributed by atoms with van der Waals surface area (Å²) in [6.45, 7) is 13.2. The fourth-order valence-electron chi connectivity index (χ4n) is 2.60. The molecule has 0 spiro atoms. The first-order valence-electron chi connectivity index (χ1n) is 8.89. The summed E-state index contributed by atoms with van der Waals surface area (Å²) >= 11 is 0. The van der Waals surface area contributed by atoms with Crippen LogP contribution in [0.3, 0.4) is 0 Å². The SMILES string of the molecule is CC(=O)N[C@@H]1[C@@H](OCc2ccccc2)C=C[C@@H]1O[Si](C)(C)C(C)(C)C. The average molecular weight is 362 g/mol. The molecular weight excluding hydrogens is 330 g/mol. The van der Waals surface area contributed by atoms with E-state index in [0.29, 0.717) is 6.61 Å². The van der Waals surface area contributed by atoms with Crippen LogP contribution in [0.4, 0.5) is 0 Å². The molecular formula is C20H31NO3Si. The molecule has 0 fully saturated rings. The molecule has 0 heterocycles. The lowest BCUT2D eigenvalue weighted by Gasteiger charge is -2.40. The van der Waals surface area contributed by atoms with Gasteiger partial charge in [-0.2, -0.15) is 0 Å². The van der Waals surface area contributed by atoms with Crippen molar-refractivity contribution >= 4 is 14.2 Å². The van der Waals surface area contributed by atoms with Gasteiger partial charge in [-0.25, -0.2) is 0 Å². The molecule has 0 unspecified atom stereocenters. The van der Waals surface area contributed by atoms with E-state index in [1.807, 2.05) is 42.5 Å². The topological polar surface area (TPSA) is 47.6 Å². The van der Waals surface area contributed by atoms with Crippen LogP contribution in [0.2, 0.25) is 18.1 Å². The summed E-state index contributed by atoms with van der Waals surface area (Å²) in [5.41, 5.74) is 1.12. The van der Waals surface area contributed by atoms with Gasteiger partial charge in [-0.3, -0.25) is 4.79 Å². The number of amides is 1. The van der Waals surface area contributed by atoms with E-state index in [1.54, 1.807) is 0 Å². The molecule has 0 aliphatic heterocycles. The molecule has 0 aromatic heterocycles. The summed E-state index contributed by atoms with van der Waals surface area (Å²) in [7, 11) is -1.94.